The molecule has 13 heavy (non-hydrogen) atoms. The molecule has 0 atom stereocenters. The number of hydrogen-bond donors (Lipinski definition) is 0. The van der Waals surface area contributed by atoms with Crippen molar-refractivity contribution in [1.82, 2.24) is 4.98 Å². The van der Waals surface area contributed by atoms with Gasteiger partial charge in [-0.1, -0.05) is 38.4 Å². The van der Waals surface area contributed by atoms with Crippen LogP contribution in [0.25, 0.3) is 0 Å². The topological polar surface area (TPSA) is 12.9 Å². The molecule has 0 saturated carbocycles. The molecule has 0 saturated heterocycles. The normalized spacial score (nSPS) is 11.7. The first kappa shape index (κ1) is 10.5. The molecule has 0 spiro atoms. The molecule has 0 N–H and O–H groups in total. The Morgan fingerprint density at radius 1 is 1.38 bits per heavy atom. The Hall–Kier alpha value is -0.560. The highest BCUT2D eigenvalue weighted by Crippen LogP contribution is 2.34. The summed E-state index contributed by atoms with van der Waals surface area (Å²) < 4.78 is 0. The summed E-state index contributed by atoms with van der Waals surface area (Å²) in [5.41, 5.74) is 1.34. The first-order valence-electron chi connectivity index (χ1n) is 4.75. The van der Waals surface area contributed by atoms with Crippen LogP contribution >= 0.6 is 11.6 Å². The number of hydrogen-bond acceptors (Lipinski definition) is 1. The minimum atomic E-state index is 0.172. The van der Waals surface area contributed by atoms with Crippen molar-refractivity contribution in [3.05, 3.63) is 29.0 Å². The van der Waals surface area contributed by atoms with E-state index in [1.54, 1.807) is 6.20 Å². The second kappa shape index (κ2) is 4.10. The monoisotopic (exact) mass is 197 g/mol. The average molecular weight is 198 g/mol. The molecular formula is C11H16ClN. The van der Waals surface area contributed by atoms with Crippen LogP contribution in [0, 0.1) is 0 Å². The summed E-state index contributed by atoms with van der Waals surface area (Å²) in [5.74, 6) is 0. The first-order chi connectivity index (χ1) is 6.14. The number of pyridine rings is 1. The summed E-state index contributed by atoms with van der Waals surface area (Å²) >= 11 is 6.06. The molecule has 1 heterocycles. The molecule has 1 aromatic rings. The third kappa shape index (κ3) is 2.02. The fourth-order valence-corrected chi connectivity index (χ4v) is 1.81. The molecule has 0 radical (unpaired) electrons. The largest absolute Gasteiger partial charge is 0.244 e. The maximum Gasteiger partial charge on any atom is 0.132 e. The highest BCUT2D eigenvalue weighted by atomic mass is 35.5. The van der Waals surface area contributed by atoms with Crippen LogP contribution in [0.4, 0.5) is 0 Å². The van der Waals surface area contributed by atoms with Crippen LogP contribution in [0.15, 0.2) is 18.3 Å². The van der Waals surface area contributed by atoms with Crippen molar-refractivity contribution in [2.75, 3.05) is 0 Å². The Morgan fingerprint density at radius 3 is 2.46 bits per heavy atom. The van der Waals surface area contributed by atoms with Gasteiger partial charge >= 0.3 is 0 Å². The molecule has 1 rings (SSSR count). The van der Waals surface area contributed by atoms with E-state index in [1.807, 2.05) is 6.07 Å². The van der Waals surface area contributed by atoms with Crippen molar-refractivity contribution in [1.29, 1.82) is 0 Å². The molecule has 0 unspecified atom stereocenters. The minimum Gasteiger partial charge on any atom is -0.244 e. The minimum absolute atomic E-state index is 0.172. The Kier molecular flexibility index (Phi) is 3.32. The Bertz CT molecular complexity index is 279. The third-order valence-electron chi connectivity index (χ3n) is 2.97. The van der Waals surface area contributed by atoms with E-state index >= 15 is 0 Å². The predicted octanol–water partition coefficient (Wildman–Crippen LogP) is 3.81. The van der Waals surface area contributed by atoms with Gasteiger partial charge in [0, 0.05) is 6.20 Å². The molecule has 0 amide bonds. The average Bonchev–Trinajstić information content (AvgIpc) is 2.17. The van der Waals surface area contributed by atoms with Crippen LogP contribution in [0.2, 0.25) is 5.15 Å². The van der Waals surface area contributed by atoms with E-state index in [4.69, 9.17) is 11.6 Å². The molecule has 0 fully saturated rings. The lowest BCUT2D eigenvalue weighted by molar-refractivity contribution is 0.438. The Labute approximate surface area is 85.1 Å². The quantitative estimate of drug-likeness (QED) is 0.672. The van der Waals surface area contributed by atoms with Crippen LogP contribution in [0.1, 0.15) is 39.2 Å². The van der Waals surface area contributed by atoms with Gasteiger partial charge in [0.05, 0.1) is 0 Å². The summed E-state index contributed by atoms with van der Waals surface area (Å²) in [6.45, 7) is 6.61. The zero-order valence-electron chi connectivity index (χ0n) is 8.47. The summed E-state index contributed by atoms with van der Waals surface area (Å²) in [4.78, 5) is 4.11. The standard InChI is InChI=1S/C11H16ClN/c1-4-11(3,5-2)9-7-6-8-13-10(9)12/h6-8H,4-5H2,1-3H3. The zero-order chi connectivity index (χ0) is 9.90. The van der Waals surface area contributed by atoms with Gasteiger partial charge in [-0.2, -0.15) is 0 Å². The van der Waals surface area contributed by atoms with E-state index in [0.29, 0.717) is 5.15 Å². The molecule has 0 bridgehead atoms. The Balaban J connectivity index is 3.12. The second-order valence-corrected chi connectivity index (χ2v) is 3.97. The van der Waals surface area contributed by atoms with Gasteiger partial charge in [-0.25, -0.2) is 4.98 Å². The summed E-state index contributed by atoms with van der Waals surface area (Å²) in [7, 11) is 0. The van der Waals surface area contributed by atoms with Gasteiger partial charge in [0.1, 0.15) is 5.15 Å². The SMILES string of the molecule is CCC(C)(CC)c1cccnc1Cl. The second-order valence-electron chi connectivity index (χ2n) is 3.61. The molecule has 1 aromatic heterocycles. The van der Waals surface area contributed by atoms with E-state index in [1.165, 1.54) is 5.56 Å². The lowest BCUT2D eigenvalue weighted by Crippen LogP contribution is -2.20. The van der Waals surface area contributed by atoms with E-state index in [-0.39, 0.29) is 5.41 Å². The highest BCUT2D eigenvalue weighted by Gasteiger charge is 2.24. The van der Waals surface area contributed by atoms with Gasteiger partial charge in [0.25, 0.3) is 0 Å². The van der Waals surface area contributed by atoms with Crippen LogP contribution in [-0.4, -0.2) is 4.98 Å². The maximum absolute atomic E-state index is 6.06. The third-order valence-corrected chi connectivity index (χ3v) is 3.27. The molecule has 0 aliphatic rings. The first-order valence-corrected chi connectivity index (χ1v) is 5.13. The van der Waals surface area contributed by atoms with E-state index in [2.05, 4.69) is 31.8 Å². The molecule has 72 valence electrons. The van der Waals surface area contributed by atoms with Gasteiger partial charge < -0.3 is 0 Å². The van der Waals surface area contributed by atoms with Gasteiger partial charge in [-0.05, 0) is 29.9 Å². The fourth-order valence-electron chi connectivity index (χ4n) is 1.47. The van der Waals surface area contributed by atoms with Crippen molar-refractivity contribution in [2.24, 2.45) is 0 Å². The van der Waals surface area contributed by atoms with E-state index in [0.717, 1.165) is 12.8 Å². The summed E-state index contributed by atoms with van der Waals surface area (Å²) in [6, 6.07) is 4.02. The molecule has 0 aliphatic carbocycles. The van der Waals surface area contributed by atoms with Crippen molar-refractivity contribution in [2.45, 2.75) is 39.0 Å². The number of rotatable bonds is 3. The van der Waals surface area contributed by atoms with Gasteiger partial charge in [-0.3, -0.25) is 0 Å². The van der Waals surface area contributed by atoms with Crippen molar-refractivity contribution >= 4 is 11.6 Å². The molecular weight excluding hydrogens is 182 g/mol. The summed E-state index contributed by atoms with van der Waals surface area (Å²) in [6.07, 6.45) is 3.92. The van der Waals surface area contributed by atoms with Crippen LogP contribution < -0.4 is 0 Å². The zero-order valence-corrected chi connectivity index (χ0v) is 9.23. The van der Waals surface area contributed by atoms with Crippen molar-refractivity contribution < 1.29 is 0 Å². The predicted molar refractivity (Wildman–Crippen MR) is 57.2 cm³/mol. The van der Waals surface area contributed by atoms with Crippen LogP contribution in [0.5, 0.6) is 0 Å². The lowest BCUT2D eigenvalue weighted by atomic mass is 9.79. The van der Waals surface area contributed by atoms with Crippen molar-refractivity contribution in [3.63, 3.8) is 0 Å². The maximum atomic E-state index is 6.06. The Morgan fingerprint density at radius 2 is 2.00 bits per heavy atom. The molecule has 0 aliphatic heterocycles. The van der Waals surface area contributed by atoms with E-state index < -0.39 is 0 Å². The molecule has 1 nitrogen and oxygen atoms in total. The van der Waals surface area contributed by atoms with Crippen LogP contribution in [-0.2, 0) is 5.41 Å². The number of aromatic nitrogens is 1. The molecule has 2 heteroatoms. The van der Waals surface area contributed by atoms with Gasteiger partial charge in [-0.15, -0.1) is 0 Å². The van der Waals surface area contributed by atoms with Gasteiger partial charge in [0.2, 0.25) is 0 Å². The van der Waals surface area contributed by atoms with E-state index in [9.17, 15) is 0 Å². The smallest absolute Gasteiger partial charge is 0.132 e. The fraction of sp³-hybridized carbons (Fsp3) is 0.545. The number of nitrogens with zero attached hydrogens (tertiary/aromatic N) is 1. The summed E-state index contributed by atoms with van der Waals surface area (Å²) in [5, 5.41) is 0.647. The highest BCUT2D eigenvalue weighted by molar-refractivity contribution is 6.30. The van der Waals surface area contributed by atoms with Gasteiger partial charge in [0.15, 0.2) is 0 Å². The van der Waals surface area contributed by atoms with Crippen LogP contribution in [0.3, 0.4) is 0 Å². The van der Waals surface area contributed by atoms with Crippen molar-refractivity contribution in [3.8, 4) is 0 Å². The molecule has 0 aromatic carbocycles. The lowest BCUT2D eigenvalue weighted by Gasteiger charge is -2.27. The number of halogens is 1.